The molecule has 0 unspecified atom stereocenters. The number of aromatic nitrogens is 1. The molecule has 1 amide bonds. The molecule has 0 fully saturated rings. The monoisotopic (exact) mass is 242 g/mol. The van der Waals surface area contributed by atoms with Gasteiger partial charge in [-0.1, -0.05) is 6.07 Å². The Bertz CT molecular complexity index is 544. The molecule has 0 aliphatic rings. The first-order valence-electron chi connectivity index (χ1n) is 6.08. The van der Waals surface area contributed by atoms with Gasteiger partial charge in [-0.15, -0.1) is 0 Å². The number of nitrogens with zero attached hydrogens (tertiary/aromatic N) is 1. The average molecular weight is 242 g/mol. The summed E-state index contributed by atoms with van der Waals surface area (Å²) in [6, 6.07) is 9.57. The normalized spacial score (nSPS) is 12.2. The predicted octanol–water partition coefficient (Wildman–Crippen LogP) is 3.30. The Hall–Kier alpha value is -2.03. The third-order valence-corrected chi connectivity index (χ3v) is 3.23. The second-order valence-corrected chi connectivity index (χ2v) is 4.59. The number of nitrogens with one attached hydrogen (secondary N) is 1. The van der Waals surface area contributed by atoms with Crippen molar-refractivity contribution in [1.29, 1.82) is 0 Å². The Kier molecular flexibility index (Phi) is 3.51. The lowest BCUT2D eigenvalue weighted by molar-refractivity contribution is -0.118. The van der Waals surface area contributed by atoms with Crippen LogP contribution in [0.3, 0.4) is 0 Å². The number of amides is 1. The van der Waals surface area contributed by atoms with Crippen LogP contribution in [0.15, 0.2) is 42.7 Å². The number of hydrogen-bond donors (Lipinski definition) is 1. The maximum atomic E-state index is 12.1. The summed E-state index contributed by atoms with van der Waals surface area (Å²) in [4.78, 5) is 12.1. The standard InChI is InChI=1S/C15H18N2O/c1-11-6-7-14(10-12(11)2)16-15(18)13(3)17-8-4-5-9-17/h4-10,13H,1-3H3,(H,16,18)/t13-/m1/s1. The van der Waals surface area contributed by atoms with Crippen LogP contribution in [-0.2, 0) is 4.79 Å². The van der Waals surface area contributed by atoms with Crippen molar-refractivity contribution in [2.75, 3.05) is 5.32 Å². The summed E-state index contributed by atoms with van der Waals surface area (Å²) in [6.07, 6.45) is 3.79. The van der Waals surface area contributed by atoms with Crippen molar-refractivity contribution in [1.82, 2.24) is 4.57 Å². The van der Waals surface area contributed by atoms with Crippen LogP contribution >= 0.6 is 0 Å². The van der Waals surface area contributed by atoms with Gasteiger partial charge in [-0.3, -0.25) is 4.79 Å². The van der Waals surface area contributed by atoms with E-state index in [-0.39, 0.29) is 11.9 Å². The molecule has 1 atom stereocenters. The van der Waals surface area contributed by atoms with Gasteiger partial charge >= 0.3 is 0 Å². The third-order valence-electron chi connectivity index (χ3n) is 3.23. The molecule has 0 saturated carbocycles. The van der Waals surface area contributed by atoms with E-state index in [1.807, 2.05) is 61.1 Å². The van der Waals surface area contributed by atoms with Gasteiger partial charge in [0.25, 0.3) is 0 Å². The van der Waals surface area contributed by atoms with Crippen molar-refractivity contribution in [3.05, 3.63) is 53.9 Å². The van der Waals surface area contributed by atoms with E-state index in [1.54, 1.807) is 0 Å². The number of benzene rings is 1. The summed E-state index contributed by atoms with van der Waals surface area (Å²) in [5, 5.41) is 2.94. The second-order valence-electron chi connectivity index (χ2n) is 4.59. The number of aryl methyl sites for hydroxylation is 2. The van der Waals surface area contributed by atoms with E-state index in [4.69, 9.17) is 0 Å². The van der Waals surface area contributed by atoms with Gasteiger partial charge in [-0.25, -0.2) is 0 Å². The maximum Gasteiger partial charge on any atom is 0.247 e. The maximum absolute atomic E-state index is 12.1. The minimum Gasteiger partial charge on any atom is -0.342 e. The largest absolute Gasteiger partial charge is 0.342 e. The molecular formula is C15H18N2O. The zero-order chi connectivity index (χ0) is 13.1. The number of hydrogen-bond acceptors (Lipinski definition) is 1. The second kappa shape index (κ2) is 5.08. The van der Waals surface area contributed by atoms with E-state index in [0.717, 1.165) is 5.69 Å². The van der Waals surface area contributed by atoms with Crippen LogP contribution in [0.1, 0.15) is 24.1 Å². The van der Waals surface area contributed by atoms with Gasteiger partial charge in [0.05, 0.1) is 0 Å². The molecule has 18 heavy (non-hydrogen) atoms. The van der Waals surface area contributed by atoms with E-state index in [2.05, 4.69) is 12.2 Å². The first-order valence-corrected chi connectivity index (χ1v) is 6.08. The summed E-state index contributed by atoms with van der Waals surface area (Å²) in [7, 11) is 0. The first kappa shape index (κ1) is 12.4. The van der Waals surface area contributed by atoms with Gasteiger partial charge in [-0.2, -0.15) is 0 Å². The van der Waals surface area contributed by atoms with Crippen LogP contribution in [0.25, 0.3) is 0 Å². The molecule has 3 nitrogen and oxygen atoms in total. The smallest absolute Gasteiger partial charge is 0.247 e. The highest BCUT2D eigenvalue weighted by Gasteiger charge is 2.13. The summed E-state index contributed by atoms with van der Waals surface area (Å²) in [6.45, 7) is 5.99. The molecule has 1 N–H and O–H groups in total. The van der Waals surface area contributed by atoms with E-state index in [0.29, 0.717) is 0 Å². The number of rotatable bonds is 3. The minimum absolute atomic E-state index is 0.00514. The van der Waals surface area contributed by atoms with E-state index in [9.17, 15) is 4.79 Å². The molecule has 0 aliphatic heterocycles. The lowest BCUT2D eigenvalue weighted by atomic mass is 10.1. The summed E-state index contributed by atoms with van der Waals surface area (Å²) in [5.41, 5.74) is 3.26. The van der Waals surface area contributed by atoms with Gasteiger partial charge < -0.3 is 9.88 Å². The Morgan fingerprint density at radius 2 is 1.83 bits per heavy atom. The van der Waals surface area contributed by atoms with Crippen molar-refractivity contribution in [3.8, 4) is 0 Å². The fraction of sp³-hybridized carbons (Fsp3) is 0.267. The van der Waals surface area contributed by atoms with Crippen molar-refractivity contribution < 1.29 is 4.79 Å². The van der Waals surface area contributed by atoms with Crippen LogP contribution in [0.2, 0.25) is 0 Å². The molecule has 0 saturated heterocycles. The molecule has 2 rings (SSSR count). The quantitative estimate of drug-likeness (QED) is 0.880. The van der Waals surface area contributed by atoms with Gasteiger partial charge in [0.1, 0.15) is 6.04 Å². The highest BCUT2D eigenvalue weighted by Crippen LogP contribution is 2.16. The Morgan fingerprint density at radius 3 is 2.44 bits per heavy atom. The topological polar surface area (TPSA) is 34.0 Å². The molecule has 1 aromatic carbocycles. The molecule has 3 heteroatoms. The van der Waals surface area contributed by atoms with E-state index >= 15 is 0 Å². The van der Waals surface area contributed by atoms with Crippen molar-refractivity contribution in [2.45, 2.75) is 26.8 Å². The Morgan fingerprint density at radius 1 is 1.17 bits per heavy atom. The molecule has 94 valence electrons. The minimum atomic E-state index is -0.207. The van der Waals surface area contributed by atoms with Gasteiger partial charge in [-0.05, 0) is 56.2 Å². The third kappa shape index (κ3) is 2.62. The zero-order valence-electron chi connectivity index (χ0n) is 11.0. The lowest BCUT2D eigenvalue weighted by Gasteiger charge is -2.14. The summed E-state index contributed by atoms with van der Waals surface area (Å²) >= 11 is 0. The molecule has 1 heterocycles. The van der Waals surface area contributed by atoms with Crippen LogP contribution in [0.5, 0.6) is 0 Å². The SMILES string of the molecule is Cc1ccc(NC(=O)[C@@H](C)n2cccc2)cc1C. The average Bonchev–Trinajstić information content (AvgIpc) is 2.86. The van der Waals surface area contributed by atoms with Crippen LogP contribution in [0.4, 0.5) is 5.69 Å². The highest BCUT2D eigenvalue weighted by molar-refractivity contribution is 5.93. The van der Waals surface area contributed by atoms with Gasteiger partial charge in [0, 0.05) is 18.1 Å². The van der Waals surface area contributed by atoms with E-state index in [1.165, 1.54) is 11.1 Å². The van der Waals surface area contributed by atoms with Crippen molar-refractivity contribution >= 4 is 11.6 Å². The number of carbonyl (C=O) groups is 1. The number of carbonyl (C=O) groups excluding carboxylic acids is 1. The molecule has 2 aromatic rings. The Labute approximate surface area is 107 Å². The van der Waals surface area contributed by atoms with Crippen molar-refractivity contribution in [3.63, 3.8) is 0 Å². The first-order chi connectivity index (χ1) is 8.58. The van der Waals surface area contributed by atoms with Crippen LogP contribution in [-0.4, -0.2) is 10.5 Å². The molecule has 0 radical (unpaired) electrons. The molecular weight excluding hydrogens is 224 g/mol. The number of anilines is 1. The van der Waals surface area contributed by atoms with Gasteiger partial charge in [0.15, 0.2) is 0 Å². The molecule has 0 bridgehead atoms. The summed E-state index contributed by atoms with van der Waals surface area (Å²) < 4.78 is 1.89. The van der Waals surface area contributed by atoms with E-state index < -0.39 is 0 Å². The fourth-order valence-electron chi connectivity index (χ4n) is 1.81. The highest BCUT2D eigenvalue weighted by atomic mass is 16.2. The van der Waals surface area contributed by atoms with Crippen molar-refractivity contribution in [2.24, 2.45) is 0 Å². The predicted molar refractivity (Wildman–Crippen MR) is 73.7 cm³/mol. The lowest BCUT2D eigenvalue weighted by Crippen LogP contribution is -2.22. The Balaban J connectivity index is 2.09. The molecule has 1 aromatic heterocycles. The van der Waals surface area contributed by atoms with Crippen LogP contribution in [0, 0.1) is 13.8 Å². The van der Waals surface area contributed by atoms with Gasteiger partial charge in [0.2, 0.25) is 5.91 Å². The fourth-order valence-corrected chi connectivity index (χ4v) is 1.81. The van der Waals surface area contributed by atoms with Crippen LogP contribution < -0.4 is 5.32 Å². The molecule has 0 aliphatic carbocycles. The zero-order valence-corrected chi connectivity index (χ0v) is 11.0. The molecule has 0 spiro atoms. The summed E-state index contributed by atoms with van der Waals surface area (Å²) in [5.74, 6) is -0.00514.